The van der Waals surface area contributed by atoms with E-state index in [9.17, 15) is 4.79 Å². The molecule has 8 heteroatoms. The molecule has 0 fully saturated rings. The second-order valence-corrected chi connectivity index (χ2v) is 8.69. The van der Waals surface area contributed by atoms with Gasteiger partial charge in [0.1, 0.15) is 6.61 Å². The minimum atomic E-state index is -0.173. The fourth-order valence-electron chi connectivity index (χ4n) is 3.43. The van der Waals surface area contributed by atoms with E-state index >= 15 is 0 Å². The van der Waals surface area contributed by atoms with Crippen molar-refractivity contribution in [3.8, 4) is 22.9 Å². The molecule has 164 valence electrons. The van der Waals surface area contributed by atoms with Crippen LogP contribution in [-0.4, -0.2) is 21.7 Å². The number of aromatic nitrogens is 3. The van der Waals surface area contributed by atoms with E-state index in [0.29, 0.717) is 38.4 Å². The fraction of sp³-hybridized carbons (Fsp3) is 0.0800. The lowest BCUT2D eigenvalue weighted by atomic mass is 10.2. The van der Waals surface area contributed by atoms with Crippen LogP contribution < -0.4 is 19.6 Å². The molecule has 0 aliphatic rings. The zero-order valence-corrected chi connectivity index (χ0v) is 19.1. The Labute approximate surface area is 198 Å². The van der Waals surface area contributed by atoms with Gasteiger partial charge in [-0.3, -0.25) is 4.79 Å². The second kappa shape index (κ2) is 9.05. The Morgan fingerprint density at radius 3 is 2.55 bits per heavy atom. The molecule has 0 saturated heterocycles. The van der Waals surface area contributed by atoms with Crippen LogP contribution in [0.1, 0.15) is 11.1 Å². The first-order chi connectivity index (χ1) is 16.1. The van der Waals surface area contributed by atoms with Gasteiger partial charge in [-0.15, -0.1) is 10.2 Å². The van der Waals surface area contributed by atoms with Gasteiger partial charge in [0.2, 0.25) is 4.96 Å². The number of thiazole rings is 1. The van der Waals surface area contributed by atoms with E-state index in [1.165, 1.54) is 15.7 Å². The van der Waals surface area contributed by atoms with Crippen molar-refractivity contribution in [2.45, 2.75) is 6.61 Å². The number of fused-ring (bicyclic) bond motifs is 1. The Morgan fingerprint density at radius 2 is 1.79 bits per heavy atom. The number of hydrogen-bond donors (Lipinski definition) is 0. The molecule has 0 spiro atoms. The third kappa shape index (κ3) is 4.33. The van der Waals surface area contributed by atoms with Crippen molar-refractivity contribution in [3.05, 3.63) is 104 Å². The van der Waals surface area contributed by atoms with Crippen molar-refractivity contribution in [3.63, 3.8) is 0 Å². The van der Waals surface area contributed by atoms with E-state index in [1.807, 2.05) is 66.7 Å². The van der Waals surface area contributed by atoms with E-state index < -0.39 is 0 Å². The summed E-state index contributed by atoms with van der Waals surface area (Å²) in [5, 5.41) is 8.97. The third-order valence-electron chi connectivity index (χ3n) is 5.07. The number of ether oxygens (including phenoxy) is 2. The van der Waals surface area contributed by atoms with Crippen molar-refractivity contribution < 1.29 is 9.47 Å². The molecule has 0 amide bonds. The van der Waals surface area contributed by atoms with Crippen LogP contribution in [0, 0.1) is 0 Å². The Kier molecular flexibility index (Phi) is 5.81. The Bertz CT molecular complexity index is 1530. The van der Waals surface area contributed by atoms with Crippen molar-refractivity contribution in [2.75, 3.05) is 7.11 Å². The SMILES string of the molecule is COc1cc(/C=c2\sc3nnc(-c4ccc(Cl)cc4)n3c2=O)ccc1OCc1ccccc1. The third-order valence-corrected chi connectivity index (χ3v) is 6.28. The zero-order valence-electron chi connectivity index (χ0n) is 17.6. The maximum atomic E-state index is 13.1. The number of halogens is 1. The smallest absolute Gasteiger partial charge is 0.276 e. The summed E-state index contributed by atoms with van der Waals surface area (Å²) < 4.78 is 13.5. The largest absolute Gasteiger partial charge is 0.493 e. The van der Waals surface area contributed by atoms with Crippen LogP contribution in [0.2, 0.25) is 5.02 Å². The van der Waals surface area contributed by atoms with E-state index in [4.69, 9.17) is 21.1 Å². The molecule has 0 bridgehead atoms. The average molecular weight is 476 g/mol. The Balaban J connectivity index is 1.47. The zero-order chi connectivity index (χ0) is 22.8. The predicted molar refractivity (Wildman–Crippen MR) is 130 cm³/mol. The summed E-state index contributed by atoms with van der Waals surface area (Å²) in [6.45, 7) is 0.438. The number of nitrogens with zero attached hydrogens (tertiary/aromatic N) is 3. The monoisotopic (exact) mass is 475 g/mol. The number of methoxy groups -OCH3 is 1. The molecule has 3 aromatic carbocycles. The Morgan fingerprint density at radius 1 is 1.00 bits per heavy atom. The summed E-state index contributed by atoms with van der Waals surface area (Å²) in [5.74, 6) is 1.72. The molecular formula is C25H18ClN3O3S. The highest BCUT2D eigenvalue weighted by Gasteiger charge is 2.14. The molecule has 5 aromatic rings. The number of rotatable bonds is 6. The lowest BCUT2D eigenvalue weighted by molar-refractivity contribution is 0.284. The molecule has 0 aliphatic carbocycles. The molecule has 0 saturated carbocycles. The standard InChI is InChI=1S/C25H18ClN3O3S/c1-31-21-13-17(7-12-20(21)32-15-16-5-3-2-4-6-16)14-22-24(30)29-23(27-28-25(29)33-22)18-8-10-19(26)11-9-18/h2-14H,15H2,1H3/b22-14-. The van der Waals surface area contributed by atoms with Crippen LogP contribution in [0.15, 0.2) is 77.6 Å². The highest BCUT2D eigenvalue weighted by Crippen LogP contribution is 2.29. The van der Waals surface area contributed by atoms with Gasteiger partial charge < -0.3 is 9.47 Å². The molecule has 2 aromatic heterocycles. The van der Waals surface area contributed by atoms with Crippen molar-refractivity contribution in [1.29, 1.82) is 0 Å². The van der Waals surface area contributed by atoms with Gasteiger partial charge in [0, 0.05) is 10.6 Å². The molecule has 0 unspecified atom stereocenters. The topological polar surface area (TPSA) is 65.7 Å². The van der Waals surface area contributed by atoms with Gasteiger partial charge in [-0.1, -0.05) is 59.3 Å². The van der Waals surface area contributed by atoms with E-state index in [0.717, 1.165) is 16.7 Å². The summed E-state index contributed by atoms with van der Waals surface area (Å²) in [4.78, 5) is 13.6. The van der Waals surface area contributed by atoms with Gasteiger partial charge in [0.25, 0.3) is 5.56 Å². The van der Waals surface area contributed by atoms with Gasteiger partial charge in [-0.05, 0) is 53.6 Å². The summed E-state index contributed by atoms with van der Waals surface area (Å²) >= 11 is 7.26. The van der Waals surface area contributed by atoms with Gasteiger partial charge in [-0.2, -0.15) is 0 Å². The van der Waals surface area contributed by atoms with E-state index in [-0.39, 0.29) is 5.56 Å². The lowest BCUT2D eigenvalue weighted by Crippen LogP contribution is -2.23. The molecule has 5 rings (SSSR count). The molecule has 0 radical (unpaired) electrons. The van der Waals surface area contributed by atoms with E-state index in [1.54, 1.807) is 19.2 Å². The van der Waals surface area contributed by atoms with Crippen molar-refractivity contribution in [1.82, 2.24) is 14.6 Å². The second-order valence-electron chi connectivity index (χ2n) is 7.25. The Hall–Kier alpha value is -3.68. The highest BCUT2D eigenvalue weighted by molar-refractivity contribution is 7.15. The van der Waals surface area contributed by atoms with Crippen LogP contribution in [0.3, 0.4) is 0 Å². The van der Waals surface area contributed by atoms with Crippen molar-refractivity contribution >= 4 is 34.0 Å². The van der Waals surface area contributed by atoms with Crippen LogP contribution in [0.5, 0.6) is 11.5 Å². The van der Waals surface area contributed by atoms with Gasteiger partial charge in [-0.25, -0.2) is 4.40 Å². The van der Waals surface area contributed by atoms with Gasteiger partial charge >= 0.3 is 0 Å². The first-order valence-corrected chi connectivity index (χ1v) is 11.3. The fourth-order valence-corrected chi connectivity index (χ4v) is 4.47. The maximum Gasteiger partial charge on any atom is 0.276 e. The highest BCUT2D eigenvalue weighted by atomic mass is 35.5. The van der Waals surface area contributed by atoms with Gasteiger partial charge in [0.05, 0.1) is 11.6 Å². The molecular weight excluding hydrogens is 458 g/mol. The van der Waals surface area contributed by atoms with Crippen LogP contribution in [-0.2, 0) is 6.61 Å². The lowest BCUT2D eigenvalue weighted by Gasteiger charge is -2.11. The molecule has 2 heterocycles. The molecule has 6 nitrogen and oxygen atoms in total. The first kappa shape index (κ1) is 21.2. The van der Waals surface area contributed by atoms with Crippen LogP contribution in [0.25, 0.3) is 22.4 Å². The average Bonchev–Trinajstić information content (AvgIpc) is 3.39. The molecule has 33 heavy (non-hydrogen) atoms. The number of benzene rings is 3. The van der Waals surface area contributed by atoms with Crippen LogP contribution >= 0.6 is 22.9 Å². The maximum absolute atomic E-state index is 13.1. The predicted octanol–water partition coefficient (Wildman–Crippen LogP) is 4.61. The minimum Gasteiger partial charge on any atom is -0.493 e. The number of hydrogen-bond acceptors (Lipinski definition) is 6. The van der Waals surface area contributed by atoms with Gasteiger partial charge in [0.15, 0.2) is 17.3 Å². The first-order valence-electron chi connectivity index (χ1n) is 10.1. The molecule has 0 atom stereocenters. The van der Waals surface area contributed by atoms with Crippen LogP contribution in [0.4, 0.5) is 0 Å². The molecule has 0 N–H and O–H groups in total. The normalized spacial score (nSPS) is 11.8. The molecule has 0 aliphatic heterocycles. The summed E-state index contributed by atoms with van der Waals surface area (Å²) in [7, 11) is 1.59. The summed E-state index contributed by atoms with van der Waals surface area (Å²) in [6, 6.07) is 22.7. The quantitative estimate of drug-likeness (QED) is 0.359. The van der Waals surface area contributed by atoms with Crippen molar-refractivity contribution in [2.24, 2.45) is 0 Å². The summed E-state index contributed by atoms with van der Waals surface area (Å²) in [6.07, 6.45) is 1.82. The summed E-state index contributed by atoms with van der Waals surface area (Å²) in [5.41, 5.74) is 2.49. The van der Waals surface area contributed by atoms with E-state index in [2.05, 4.69) is 10.2 Å². The minimum absolute atomic E-state index is 0.173.